The molecule has 0 spiro atoms. The molecule has 1 unspecified atom stereocenters. The third kappa shape index (κ3) is 2.44. The van der Waals surface area contributed by atoms with Crippen molar-refractivity contribution in [3.63, 3.8) is 0 Å². The molecule has 0 saturated heterocycles. The van der Waals surface area contributed by atoms with Gasteiger partial charge in [-0.1, -0.05) is 0 Å². The summed E-state index contributed by atoms with van der Waals surface area (Å²) in [6.45, 7) is 2.58. The molecule has 0 aromatic carbocycles. The number of hydrogen-bond acceptors (Lipinski definition) is 4. The van der Waals surface area contributed by atoms with Crippen LogP contribution in [0.2, 0.25) is 0 Å². The maximum absolute atomic E-state index is 11.6. The van der Waals surface area contributed by atoms with Crippen molar-refractivity contribution in [2.75, 3.05) is 0 Å². The lowest BCUT2D eigenvalue weighted by Gasteiger charge is -2.12. The Hall–Kier alpha value is -2.18. The predicted molar refractivity (Wildman–Crippen MR) is 55.5 cm³/mol. The molecular formula is C9H12N6O. The number of amides is 1. The lowest BCUT2D eigenvalue weighted by Crippen LogP contribution is -2.35. The van der Waals surface area contributed by atoms with Gasteiger partial charge in [0, 0.05) is 25.0 Å². The first-order chi connectivity index (χ1) is 7.75. The molecule has 2 aromatic rings. The number of nitrogens with one attached hydrogen (secondary N) is 2. The molecule has 0 fully saturated rings. The third-order valence-corrected chi connectivity index (χ3v) is 2.07. The molecule has 1 amide bonds. The Morgan fingerprint density at radius 3 is 3.19 bits per heavy atom. The Morgan fingerprint density at radius 2 is 2.56 bits per heavy atom. The van der Waals surface area contributed by atoms with Crippen LogP contribution in [0.15, 0.2) is 24.9 Å². The van der Waals surface area contributed by atoms with Crippen LogP contribution in [0.4, 0.5) is 0 Å². The van der Waals surface area contributed by atoms with E-state index in [2.05, 4.69) is 25.7 Å². The van der Waals surface area contributed by atoms with E-state index in [1.807, 2.05) is 17.7 Å². The molecule has 84 valence electrons. The number of nitrogens with zero attached hydrogens (tertiary/aromatic N) is 4. The predicted octanol–water partition coefficient (Wildman–Crippen LogP) is -0.180. The molecule has 7 heteroatoms. The van der Waals surface area contributed by atoms with Gasteiger partial charge in [-0.3, -0.25) is 4.79 Å². The fraction of sp³-hybridized carbons (Fsp3) is 0.333. The van der Waals surface area contributed by atoms with Gasteiger partial charge in [0.25, 0.3) is 5.91 Å². The van der Waals surface area contributed by atoms with Gasteiger partial charge in [-0.05, 0) is 6.92 Å². The van der Waals surface area contributed by atoms with Crippen molar-refractivity contribution >= 4 is 5.91 Å². The first-order valence-corrected chi connectivity index (χ1v) is 4.88. The van der Waals surface area contributed by atoms with Gasteiger partial charge >= 0.3 is 0 Å². The highest BCUT2D eigenvalue weighted by atomic mass is 16.2. The molecule has 2 N–H and O–H groups in total. The minimum Gasteiger partial charge on any atom is -0.346 e. The Labute approximate surface area is 91.9 Å². The molecule has 2 rings (SSSR count). The van der Waals surface area contributed by atoms with E-state index in [1.165, 1.54) is 6.20 Å². The second-order valence-electron chi connectivity index (χ2n) is 3.49. The maximum atomic E-state index is 11.6. The topological polar surface area (TPSA) is 88.5 Å². The molecule has 0 radical (unpaired) electrons. The Morgan fingerprint density at radius 1 is 1.69 bits per heavy atom. The van der Waals surface area contributed by atoms with Crippen LogP contribution in [0.3, 0.4) is 0 Å². The molecule has 0 bridgehead atoms. The molecule has 0 aliphatic heterocycles. The highest BCUT2D eigenvalue weighted by Gasteiger charge is 2.11. The summed E-state index contributed by atoms with van der Waals surface area (Å²) in [6, 6.07) is -0.00148. The van der Waals surface area contributed by atoms with Crippen molar-refractivity contribution in [3.8, 4) is 0 Å². The lowest BCUT2D eigenvalue weighted by molar-refractivity contribution is 0.0931. The second kappa shape index (κ2) is 4.56. The third-order valence-electron chi connectivity index (χ3n) is 2.07. The van der Waals surface area contributed by atoms with Gasteiger partial charge in [0.05, 0.1) is 12.5 Å². The number of carbonyl (C=O) groups excluding carboxylic acids is 1. The van der Waals surface area contributed by atoms with Crippen LogP contribution in [0, 0.1) is 0 Å². The van der Waals surface area contributed by atoms with Crippen molar-refractivity contribution in [3.05, 3.63) is 30.6 Å². The fourth-order valence-electron chi connectivity index (χ4n) is 1.37. The number of rotatable bonds is 4. The quantitative estimate of drug-likeness (QED) is 0.748. The zero-order chi connectivity index (χ0) is 11.4. The minimum atomic E-state index is -0.235. The van der Waals surface area contributed by atoms with E-state index in [0.29, 0.717) is 6.54 Å². The van der Waals surface area contributed by atoms with Crippen LogP contribution in [-0.2, 0) is 6.54 Å². The van der Waals surface area contributed by atoms with Crippen molar-refractivity contribution in [2.45, 2.75) is 19.5 Å². The molecule has 7 nitrogen and oxygen atoms in total. The Kier molecular flexibility index (Phi) is 2.95. The largest absolute Gasteiger partial charge is 0.346 e. The van der Waals surface area contributed by atoms with Crippen molar-refractivity contribution in [2.24, 2.45) is 0 Å². The van der Waals surface area contributed by atoms with Gasteiger partial charge in [0.15, 0.2) is 5.69 Å². The van der Waals surface area contributed by atoms with E-state index in [-0.39, 0.29) is 17.6 Å². The molecule has 2 aromatic heterocycles. The van der Waals surface area contributed by atoms with Crippen molar-refractivity contribution in [1.82, 2.24) is 30.3 Å². The van der Waals surface area contributed by atoms with Gasteiger partial charge in [-0.15, -0.1) is 0 Å². The number of carbonyl (C=O) groups is 1. The molecule has 0 aliphatic rings. The monoisotopic (exact) mass is 220 g/mol. The van der Waals surface area contributed by atoms with Gasteiger partial charge in [0.1, 0.15) is 0 Å². The number of hydrogen-bond donors (Lipinski definition) is 2. The summed E-state index contributed by atoms with van der Waals surface area (Å²) in [6.07, 6.45) is 6.64. The van der Waals surface area contributed by atoms with E-state index in [9.17, 15) is 4.79 Å². The van der Waals surface area contributed by atoms with Gasteiger partial charge in [0.2, 0.25) is 0 Å². The van der Waals surface area contributed by atoms with Crippen molar-refractivity contribution in [1.29, 1.82) is 0 Å². The summed E-state index contributed by atoms with van der Waals surface area (Å²) in [7, 11) is 0. The van der Waals surface area contributed by atoms with Gasteiger partial charge in [-0.2, -0.15) is 15.4 Å². The standard InChI is InChI=1S/C9H12N6O/c1-7(5-15-3-2-10-6-15)12-9(16)8-4-11-14-13-8/h2-4,6-7H,5H2,1H3,(H,12,16)(H,11,13,14). The minimum absolute atomic E-state index is 0.00148. The van der Waals surface area contributed by atoms with Crippen LogP contribution >= 0.6 is 0 Å². The van der Waals surface area contributed by atoms with Gasteiger partial charge < -0.3 is 9.88 Å². The summed E-state index contributed by atoms with van der Waals surface area (Å²) in [4.78, 5) is 15.5. The summed E-state index contributed by atoms with van der Waals surface area (Å²) in [5, 5.41) is 12.5. The molecule has 0 aliphatic carbocycles. The van der Waals surface area contributed by atoms with Gasteiger partial charge in [-0.25, -0.2) is 4.98 Å². The number of aromatic amines is 1. The molecule has 1 atom stereocenters. The van der Waals surface area contributed by atoms with Crippen LogP contribution in [0.1, 0.15) is 17.4 Å². The Balaban J connectivity index is 1.88. The van der Waals surface area contributed by atoms with E-state index >= 15 is 0 Å². The normalized spacial score (nSPS) is 12.3. The van der Waals surface area contributed by atoms with E-state index in [0.717, 1.165) is 0 Å². The maximum Gasteiger partial charge on any atom is 0.273 e. The summed E-state index contributed by atoms with van der Waals surface area (Å²) < 4.78 is 1.90. The zero-order valence-corrected chi connectivity index (χ0v) is 8.79. The average molecular weight is 220 g/mol. The highest BCUT2D eigenvalue weighted by molar-refractivity contribution is 5.91. The first-order valence-electron chi connectivity index (χ1n) is 4.88. The van der Waals surface area contributed by atoms with E-state index in [4.69, 9.17) is 0 Å². The van der Waals surface area contributed by atoms with Crippen LogP contribution in [0.5, 0.6) is 0 Å². The smallest absolute Gasteiger partial charge is 0.273 e. The van der Waals surface area contributed by atoms with E-state index in [1.54, 1.807) is 12.5 Å². The van der Waals surface area contributed by atoms with E-state index < -0.39 is 0 Å². The summed E-state index contributed by atoms with van der Waals surface area (Å²) in [5.41, 5.74) is 0.289. The molecule has 2 heterocycles. The molecule has 0 saturated carbocycles. The fourth-order valence-corrected chi connectivity index (χ4v) is 1.37. The highest BCUT2D eigenvalue weighted by Crippen LogP contribution is 1.94. The Bertz CT molecular complexity index is 435. The first kappa shape index (κ1) is 10.3. The number of aromatic nitrogens is 5. The lowest BCUT2D eigenvalue weighted by atomic mass is 10.3. The average Bonchev–Trinajstić information content (AvgIpc) is 2.88. The molecular weight excluding hydrogens is 208 g/mol. The summed E-state index contributed by atoms with van der Waals surface area (Å²) >= 11 is 0. The second-order valence-corrected chi connectivity index (χ2v) is 3.49. The van der Waals surface area contributed by atoms with Crippen LogP contribution in [-0.4, -0.2) is 36.9 Å². The van der Waals surface area contributed by atoms with Crippen LogP contribution in [0.25, 0.3) is 0 Å². The van der Waals surface area contributed by atoms with Crippen LogP contribution < -0.4 is 5.32 Å². The number of H-pyrrole nitrogens is 1. The zero-order valence-electron chi connectivity index (χ0n) is 8.79. The SMILES string of the molecule is CC(Cn1ccnc1)NC(=O)c1cn[nH]n1. The van der Waals surface area contributed by atoms with Crippen molar-refractivity contribution < 1.29 is 4.79 Å². The number of imidazole rings is 1. The summed E-state index contributed by atoms with van der Waals surface area (Å²) in [5.74, 6) is -0.235. The molecule has 16 heavy (non-hydrogen) atoms.